The third kappa shape index (κ3) is 6.22. The summed E-state index contributed by atoms with van der Waals surface area (Å²) in [4.78, 5) is 0. The van der Waals surface area contributed by atoms with Crippen LogP contribution < -0.4 is 0 Å². The zero-order valence-corrected chi connectivity index (χ0v) is 17.4. The molecule has 0 radical (unpaired) electrons. The van der Waals surface area contributed by atoms with Gasteiger partial charge in [0.1, 0.15) is 0 Å². The summed E-state index contributed by atoms with van der Waals surface area (Å²) in [5, 5.41) is 0.857. The van der Waals surface area contributed by atoms with Gasteiger partial charge in [0, 0.05) is 20.0 Å². The quantitative estimate of drug-likeness (QED) is 0.541. The third-order valence-corrected chi connectivity index (χ3v) is 6.68. The molecule has 2 aromatic rings. The Balaban J connectivity index is 2.47. The molecular weight excluding hydrogens is 328 g/mol. The second-order valence-electron chi connectivity index (χ2n) is 8.12. The minimum absolute atomic E-state index is 0.214. The normalized spacial score (nSPS) is 15.1. The van der Waals surface area contributed by atoms with Crippen LogP contribution in [0.2, 0.25) is 0 Å². The summed E-state index contributed by atoms with van der Waals surface area (Å²) in [6, 6.07) is 22.0. The molecule has 2 rings (SSSR count). The van der Waals surface area contributed by atoms with Crippen molar-refractivity contribution in [2.24, 2.45) is 0 Å². The molecule has 0 fully saturated rings. The van der Waals surface area contributed by atoms with E-state index >= 15 is 0 Å². The van der Waals surface area contributed by atoms with E-state index in [0.717, 1.165) is 0 Å². The second kappa shape index (κ2) is 8.01. The first kappa shape index (κ1) is 19.5. The first-order chi connectivity index (χ1) is 11.2. The summed E-state index contributed by atoms with van der Waals surface area (Å²) >= 11 is 4.16. The topological polar surface area (TPSA) is 0 Å². The minimum Gasteiger partial charge on any atom is -0.146 e. The van der Waals surface area contributed by atoms with E-state index in [0.29, 0.717) is 10.5 Å². The van der Waals surface area contributed by atoms with Crippen molar-refractivity contribution in [1.82, 2.24) is 0 Å². The zero-order valence-electron chi connectivity index (χ0n) is 15.7. The van der Waals surface area contributed by atoms with E-state index in [1.807, 2.05) is 0 Å². The van der Waals surface area contributed by atoms with E-state index in [1.165, 1.54) is 11.1 Å². The average molecular weight is 359 g/mol. The largest absolute Gasteiger partial charge is 0.146 e. The van der Waals surface area contributed by atoms with Gasteiger partial charge in [0.25, 0.3) is 0 Å². The van der Waals surface area contributed by atoms with Gasteiger partial charge in [0.05, 0.1) is 0 Å². The highest BCUT2D eigenvalue weighted by atomic mass is 32.2. The molecule has 0 N–H and O–H groups in total. The minimum atomic E-state index is 0.214. The lowest BCUT2D eigenvalue weighted by Gasteiger charge is -2.36. The van der Waals surface area contributed by atoms with E-state index in [9.17, 15) is 0 Å². The molecule has 0 amide bonds. The Hall–Kier alpha value is -0.860. The SMILES string of the molecule is CC(C)(C)S[C@H](c1ccccc1)[C@H](SC(C)(C)C)c1ccccc1. The van der Waals surface area contributed by atoms with Crippen LogP contribution in [0.15, 0.2) is 60.7 Å². The van der Waals surface area contributed by atoms with Crippen LogP contribution in [-0.4, -0.2) is 9.49 Å². The molecule has 0 aliphatic heterocycles. The summed E-state index contributed by atoms with van der Waals surface area (Å²) in [5.41, 5.74) is 2.84. The van der Waals surface area contributed by atoms with Crippen LogP contribution in [0.4, 0.5) is 0 Å². The molecule has 0 saturated carbocycles. The van der Waals surface area contributed by atoms with Crippen molar-refractivity contribution in [3.05, 3.63) is 71.8 Å². The third-order valence-electron chi connectivity index (χ3n) is 3.49. The van der Waals surface area contributed by atoms with Crippen molar-refractivity contribution < 1.29 is 0 Å². The van der Waals surface area contributed by atoms with Gasteiger partial charge in [-0.3, -0.25) is 0 Å². The highest BCUT2D eigenvalue weighted by Gasteiger charge is 2.32. The van der Waals surface area contributed by atoms with Gasteiger partial charge in [-0.05, 0) is 11.1 Å². The summed E-state index contributed by atoms with van der Waals surface area (Å²) in [5.74, 6) is 0. The van der Waals surface area contributed by atoms with E-state index < -0.39 is 0 Å². The lowest BCUT2D eigenvalue weighted by molar-refractivity contribution is 0.762. The first-order valence-electron chi connectivity index (χ1n) is 8.61. The van der Waals surface area contributed by atoms with Gasteiger partial charge in [-0.25, -0.2) is 0 Å². The predicted molar refractivity (Wildman–Crippen MR) is 113 cm³/mol. The van der Waals surface area contributed by atoms with Crippen molar-refractivity contribution in [1.29, 1.82) is 0 Å². The molecule has 0 aromatic heterocycles. The molecule has 0 bridgehead atoms. The first-order valence-corrected chi connectivity index (χ1v) is 10.4. The maximum atomic E-state index is 2.32. The number of hydrogen-bond donors (Lipinski definition) is 0. The number of hydrogen-bond acceptors (Lipinski definition) is 2. The van der Waals surface area contributed by atoms with Crippen molar-refractivity contribution in [3.63, 3.8) is 0 Å². The van der Waals surface area contributed by atoms with E-state index in [2.05, 4.69) is 126 Å². The van der Waals surface area contributed by atoms with Gasteiger partial charge >= 0.3 is 0 Å². The highest BCUT2D eigenvalue weighted by molar-refractivity contribution is 8.04. The Labute approximate surface area is 156 Å². The lowest BCUT2D eigenvalue weighted by Crippen LogP contribution is -2.19. The Morgan fingerprint density at radius 2 is 0.833 bits per heavy atom. The van der Waals surface area contributed by atoms with Crippen LogP contribution in [-0.2, 0) is 0 Å². The molecule has 0 aliphatic rings. The average Bonchev–Trinajstić information content (AvgIpc) is 2.50. The van der Waals surface area contributed by atoms with Gasteiger partial charge in [-0.1, -0.05) is 102 Å². The van der Waals surface area contributed by atoms with Crippen LogP contribution in [0.3, 0.4) is 0 Å². The maximum Gasteiger partial charge on any atom is 0.0462 e. The van der Waals surface area contributed by atoms with Crippen LogP contribution in [0, 0.1) is 0 Å². The number of rotatable bonds is 5. The van der Waals surface area contributed by atoms with Crippen LogP contribution in [0.1, 0.15) is 63.2 Å². The maximum absolute atomic E-state index is 2.32. The molecule has 2 aromatic carbocycles. The molecule has 0 unspecified atom stereocenters. The van der Waals surface area contributed by atoms with Gasteiger partial charge in [-0.15, -0.1) is 23.5 Å². The van der Waals surface area contributed by atoms with Gasteiger partial charge < -0.3 is 0 Å². The Morgan fingerprint density at radius 1 is 0.542 bits per heavy atom. The van der Waals surface area contributed by atoms with E-state index in [-0.39, 0.29) is 9.49 Å². The fourth-order valence-electron chi connectivity index (χ4n) is 2.66. The molecule has 0 aliphatic carbocycles. The molecule has 0 spiro atoms. The predicted octanol–water partition coefficient (Wildman–Crippen LogP) is 7.53. The molecule has 0 nitrogen and oxygen atoms in total. The molecular formula is C22H30S2. The van der Waals surface area contributed by atoms with Crippen LogP contribution in [0.25, 0.3) is 0 Å². The molecule has 0 heterocycles. The summed E-state index contributed by atoms with van der Waals surface area (Å²) in [7, 11) is 0. The van der Waals surface area contributed by atoms with Crippen LogP contribution in [0.5, 0.6) is 0 Å². The Morgan fingerprint density at radius 3 is 1.08 bits per heavy atom. The molecule has 24 heavy (non-hydrogen) atoms. The molecule has 2 heteroatoms. The molecule has 2 atom stereocenters. The highest BCUT2D eigenvalue weighted by Crippen LogP contribution is 2.54. The second-order valence-corrected chi connectivity index (χ2v) is 12.1. The zero-order chi connectivity index (χ0) is 17.8. The van der Waals surface area contributed by atoms with E-state index in [1.54, 1.807) is 0 Å². The van der Waals surface area contributed by atoms with Crippen LogP contribution >= 0.6 is 23.5 Å². The summed E-state index contributed by atoms with van der Waals surface area (Å²) in [6.45, 7) is 13.9. The van der Waals surface area contributed by atoms with Gasteiger partial charge in [0.15, 0.2) is 0 Å². The monoisotopic (exact) mass is 358 g/mol. The van der Waals surface area contributed by atoms with Crippen molar-refractivity contribution >= 4 is 23.5 Å². The van der Waals surface area contributed by atoms with Crippen molar-refractivity contribution in [2.45, 2.75) is 61.5 Å². The van der Waals surface area contributed by atoms with E-state index in [4.69, 9.17) is 0 Å². The molecule has 130 valence electrons. The molecule has 0 saturated heterocycles. The lowest BCUT2D eigenvalue weighted by atomic mass is 10.0. The fraction of sp³-hybridized carbons (Fsp3) is 0.455. The Kier molecular flexibility index (Phi) is 6.50. The standard InChI is InChI=1S/C22H30S2/c1-21(2,3)23-19(17-13-9-7-10-14-17)20(24-22(4,5)6)18-15-11-8-12-16-18/h7-16,19-20H,1-6H3/t19-,20-/m1/s1. The van der Waals surface area contributed by atoms with Gasteiger partial charge in [-0.2, -0.15) is 0 Å². The Bertz CT molecular complexity index is 548. The van der Waals surface area contributed by atoms with Gasteiger partial charge in [0.2, 0.25) is 0 Å². The number of benzene rings is 2. The fourth-order valence-corrected chi connectivity index (χ4v) is 5.66. The number of thioether (sulfide) groups is 2. The summed E-state index contributed by atoms with van der Waals surface area (Å²) < 4.78 is 0.429. The summed E-state index contributed by atoms with van der Waals surface area (Å²) in [6.07, 6.45) is 0. The van der Waals surface area contributed by atoms with Crippen molar-refractivity contribution in [3.8, 4) is 0 Å². The van der Waals surface area contributed by atoms with Crippen molar-refractivity contribution in [2.75, 3.05) is 0 Å². The smallest absolute Gasteiger partial charge is 0.0462 e.